The zero-order valence-corrected chi connectivity index (χ0v) is 12.7. The molecule has 1 unspecified atom stereocenters. The Kier molecular flexibility index (Phi) is 5.72. The molecule has 0 bridgehead atoms. The van der Waals surface area contributed by atoms with Gasteiger partial charge in [-0.25, -0.2) is 4.79 Å². The van der Waals surface area contributed by atoms with E-state index in [9.17, 15) is 4.79 Å². The summed E-state index contributed by atoms with van der Waals surface area (Å²) in [5.41, 5.74) is 0.949. The fourth-order valence-corrected chi connectivity index (χ4v) is 3.05. The molecular weight excluding hydrogens is 272 g/mol. The van der Waals surface area contributed by atoms with Gasteiger partial charge in [0, 0.05) is 11.1 Å². The average molecular weight is 295 g/mol. The molecule has 0 heterocycles. The van der Waals surface area contributed by atoms with Gasteiger partial charge in [0.05, 0.1) is 6.04 Å². The lowest BCUT2D eigenvalue weighted by molar-refractivity contribution is 0.232. The highest BCUT2D eigenvalue weighted by Gasteiger charge is 2.17. The summed E-state index contributed by atoms with van der Waals surface area (Å²) >= 11 is 6.14. The summed E-state index contributed by atoms with van der Waals surface area (Å²) in [6.45, 7) is 1.95. The first kappa shape index (κ1) is 15.2. The summed E-state index contributed by atoms with van der Waals surface area (Å²) < 4.78 is 0. The zero-order valence-electron chi connectivity index (χ0n) is 12.0. The van der Waals surface area contributed by atoms with E-state index in [0.29, 0.717) is 11.1 Å². The molecule has 2 amide bonds. The Hall–Kier alpha value is -1.22. The van der Waals surface area contributed by atoms with Crippen molar-refractivity contribution in [3.8, 4) is 0 Å². The van der Waals surface area contributed by atoms with Crippen LogP contribution in [0.15, 0.2) is 24.3 Å². The molecule has 2 N–H and O–H groups in total. The Labute approximate surface area is 126 Å². The summed E-state index contributed by atoms with van der Waals surface area (Å²) in [7, 11) is 0. The van der Waals surface area contributed by atoms with Gasteiger partial charge in [-0.15, -0.1) is 0 Å². The normalized spacial score (nSPS) is 18.1. The van der Waals surface area contributed by atoms with E-state index < -0.39 is 0 Å². The fourth-order valence-electron chi connectivity index (χ4n) is 2.75. The highest BCUT2D eigenvalue weighted by molar-refractivity contribution is 6.31. The quantitative estimate of drug-likeness (QED) is 0.796. The lowest BCUT2D eigenvalue weighted by Gasteiger charge is -2.20. The van der Waals surface area contributed by atoms with Crippen LogP contribution in [-0.4, -0.2) is 12.1 Å². The van der Waals surface area contributed by atoms with Gasteiger partial charge in [0.2, 0.25) is 0 Å². The molecule has 1 aromatic rings. The Morgan fingerprint density at radius 1 is 1.20 bits per heavy atom. The molecule has 1 aliphatic carbocycles. The maximum Gasteiger partial charge on any atom is 0.315 e. The molecule has 2 rings (SSSR count). The van der Waals surface area contributed by atoms with Gasteiger partial charge in [0.15, 0.2) is 0 Å². The van der Waals surface area contributed by atoms with E-state index in [1.54, 1.807) is 0 Å². The van der Waals surface area contributed by atoms with E-state index in [1.165, 1.54) is 25.7 Å². The third kappa shape index (κ3) is 4.41. The molecule has 20 heavy (non-hydrogen) atoms. The number of carbonyl (C=O) groups excluding carboxylic acids is 1. The van der Waals surface area contributed by atoms with Gasteiger partial charge in [-0.05, 0) is 31.4 Å². The van der Waals surface area contributed by atoms with Gasteiger partial charge in [-0.1, -0.05) is 55.5 Å². The van der Waals surface area contributed by atoms with Crippen molar-refractivity contribution >= 4 is 17.6 Å². The minimum Gasteiger partial charge on any atom is -0.335 e. The maximum absolute atomic E-state index is 12.1. The van der Waals surface area contributed by atoms with Gasteiger partial charge in [-0.2, -0.15) is 0 Å². The summed E-state index contributed by atoms with van der Waals surface area (Å²) in [5, 5.41) is 6.75. The first-order valence-electron chi connectivity index (χ1n) is 7.48. The van der Waals surface area contributed by atoms with Crippen LogP contribution in [0.4, 0.5) is 4.79 Å². The predicted octanol–water partition coefficient (Wildman–Crippen LogP) is 4.42. The molecule has 110 valence electrons. The molecule has 0 spiro atoms. The molecule has 1 atom stereocenters. The molecule has 1 fully saturated rings. The Balaban J connectivity index is 1.86. The van der Waals surface area contributed by atoms with Crippen LogP contribution in [0.2, 0.25) is 5.02 Å². The highest BCUT2D eigenvalue weighted by Crippen LogP contribution is 2.22. The second-order valence-electron chi connectivity index (χ2n) is 5.55. The molecule has 0 radical (unpaired) electrons. The molecular formula is C16H23ClN2O. The van der Waals surface area contributed by atoms with E-state index in [2.05, 4.69) is 10.6 Å². The molecule has 1 aliphatic rings. The Morgan fingerprint density at radius 3 is 2.50 bits per heavy atom. The highest BCUT2D eigenvalue weighted by atomic mass is 35.5. The summed E-state index contributed by atoms with van der Waals surface area (Å²) in [5.74, 6) is 0. The van der Waals surface area contributed by atoms with Crippen molar-refractivity contribution in [2.75, 3.05) is 0 Å². The molecule has 1 aromatic carbocycles. The van der Waals surface area contributed by atoms with E-state index in [1.807, 2.05) is 31.2 Å². The number of rotatable bonds is 3. The first-order valence-corrected chi connectivity index (χ1v) is 7.86. The number of amides is 2. The van der Waals surface area contributed by atoms with E-state index in [0.717, 1.165) is 18.4 Å². The number of hydrogen-bond donors (Lipinski definition) is 2. The predicted molar refractivity (Wildman–Crippen MR) is 83.0 cm³/mol. The smallest absolute Gasteiger partial charge is 0.315 e. The van der Waals surface area contributed by atoms with Crippen LogP contribution in [0.1, 0.15) is 57.1 Å². The van der Waals surface area contributed by atoms with Crippen molar-refractivity contribution in [2.24, 2.45) is 0 Å². The van der Waals surface area contributed by atoms with Crippen molar-refractivity contribution in [3.05, 3.63) is 34.9 Å². The van der Waals surface area contributed by atoms with Gasteiger partial charge in [-0.3, -0.25) is 0 Å². The van der Waals surface area contributed by atoms with Crippen molar-refractivity contribution in [2.45, 2.75) is 57.5 Å². The average Bonchev–Trinajstić information content (AvgIpc) is 2.67. The third-order valence-electron chi connectivity index (χ3n) is 3.91. The van der Waals surface area contributed by atoms with E-state index >= 15 is 0 Å². The van der Waals surface area contributed by atoms with Crippen LogP contribution in [0, 0.1) is 0 Å². The fraction of sp³-hybridized carbons (Fsp3) is 0.562. The van der Waals surface area contributed by atoms with Gasteiger partial charge < -0.3 is 10.6 Å². The zero-order chi connectivity index (χ0) is 14.4. The number of nitrogens with one attached hydrogen (secondary N) is 2. The molecule has 0 saturated heterocycles. The van der Waals surface area contributed by atoms with Crippen LogP contribution in [0.5, 0.6) is 0 Å². The summed E-state index contributed by atoms with van der Waals surface area (Å²) in [6, 6.07) is 7.75. The van der Waals surface area contributed by atoms with Crippen molar-refractivity contribution in [1.82, 2.24) is 10.6 Å². The lowest BCUT2D eigenvalue weighted by atomic mass is 10.1. The van der Waals surface area contributed by atoms with Crippen LogP contribution in [0.25, 0.3) is 0 Å². The SMILES string of the molecule is CC(NC(=O)NC1CCCCCC1)c1ccccc1Cl. The molecule has 1 saturated carbocycles. The topological polar surface area (TPSA) is 41.1 Å². The molecule has 0 aliphatic heterocycles. The Bertz CT molecular complexity index is 442. The lowest BCUT2D eigenvalue weighted by Crippen LogP contribution is -2.42. The summed E-state index contributed by atoms with van der Waals surface area (Å²) in [6.07, 6.45) is 7.18. The first-order chi connectivity index (χ1) is 9.66. The number of halogens is 1. The van der Waals surface area contributed by atoms with Crippen LogP contribution < -0.4 is 10.6 Å². The van der Waals surface area contributed by atoms with Gasteiger partial charge >= 0.3 is 6.03 Å². The van der Waals surface area contributed by atoms with E-state index in [-0.39, 0.29) is 12.1 Å². The van der Waals surface area contributed by atoms with E-state index in [4.69, 9.17) is 11.6 Å². The molecule has 0 aromatic heterocycles. The Morgan fingerprint density at radius 2 is 1.85 bits per heavy atom. The second-order valence-corrected chi connectivity index (χ2v) is 5.96. The minimum absolute atomic E-state index is 0.0884. The maximum atomic E-state index is 12.1. The van der Waals surface area contributed by atoms with Crippen molar-refractivity contribution in [3.63, 3.8) is 0 Å². The minimum atomic E-state index is -0.0932. The van der Waals surface area contributed by atoms with Gasteiger partial charge in [0.25, 0.3) is 0 Å². The van der Waals surface area contributed by atoms with Crippen LogP contribution in [-0.2, 0) is 0 Å². The number of carbonyl (C=O) groups is 1. The largest absolute Gasteiger partial charge is 0.335 e. The van der Waals surface area contributed by atoms with Crippen LogP contribution >= 0.6 is 11.6 Å². The summed E-state index contributed by atoms with van der Waals surface area (Å²) in [4.78, 5) is 12.1. The van der Waals surface area contributed by atoms with Crippen molar-refractivity contribution in [1.29, 1.82) is 0 Å². The monoisotopic (exact) mass is 294 g/mol. The third-order valence-corrected chi connectivity index (χ3v) is 4.25. The van der Waals surface area contributed by atoms with Gasteiger partial charge in [0.1, 0.15) is 0 Å². The standard InChI is InChI=1S/C16H23ClN2O/c1-12(14-10-6-7-11-15(14)17)18-16(20)19-13-8-4-2-3-5-9-13/h6-7,10-13H,2-5,8-9H2,1H3,(H2,18,19,20). The molecule has 4 heteroatoms. The second kappa shape index (κ2) is 7.53. The number of hydrogen-bond acceptors (Lipinski definition) is 1. The number of benzene rings is 1. The molecule has 3 nitrogen and oxygen atoms in total. The number of urea groups is 1. The van der Waals surface area contributed by atoms with Crippen molar-refractivity contribution < 1.29 is 4.79 Å². The van der Waals surface area contributed by atoms with Crippen LogP contribution in [0.3, 0.4) is 0 Å².